The first kappa shape index (κ1) is 12.5. The van der Waals surface area contributed by atoms with Gasteiger partial charge in [0.05, 0.1) is 32.1 Å². The van der Waals surface area contributed by atoms with Crippen molar-refractivity contribution in [2.45, 2.75) is 25.3 Å². The molecule has 2 aliphatic heterocycles. The Balaban J connectivity index is 2.06. The molecule has 3 rings (SSSR count). The summed E-state index contributed by atoms with van der Waals surface area (Å²) in [6.07, 6.45) is 1.08. The van der Waals surface area contributed by atoms with Gasteiger partial charge in [0.25, 0.3) is 0 Å². The highest BCUT2D eigenvalue weighted by molar-refractivity contribution is 5.95. The number of quaternary nitrogens is 1. The summed E-state index contributed by atoms with van der Waals surface area (Å²) >= 11 is 0. The summed E-state index contributed by atoms with van der Waals surface area (Å²) in [4.78, 5) is 15.7. The average Bonchev–Trinajstić information content (AvgIpc) is 2.71. The first-order chi connectivity index (χ1) is 9.11. The second kappa shape index (κ2) is 4.53. The summed E-state index contributed by atoms with van der Waals surface area (Å²) in [5.74, 6) is 0.487. The molecule has 1 saturated heterocycles. The first-order valence-electron chi connectivity index (χ1n) is 7.04. The van der Waals surface area contributed by atoms with Gasteiger partial charge in [0.1, 0.15) is 0 Å². The number of hydrogen-bond donors (Lipinski definition) is 2. The van der Waals surface area contributed by atoms with Gasteiger partial charge in [-0.2, -0.15) is 0 Å². The lowest BCUT2D eigenvalue weighted by Crippen LogP contribution is -3.11. The van der Waals surface area contributed by atoms with Crippen molar-refractivity contribution in [3.8, 4) is 0 Å². The number of aryl methyl sites for hydroxylation is 1. The molecule has 2 heterocycles. The predicted molar refractivity (Wildman–Crippen MR) is 75.9 cm³/mol. The zero-order chi connectivity index (χ0) is 13.6. The van der Waals surface area contributed by atoms with E-state index >= 15 is 0 Å². The van der Waals surface area contributed by atoms with Crippen LogP contribution in [0.3, 0.4) is 0 Å². The van der Waals surface area contributed by atoms with Crippen molar-refractivity contribution >= 4 is 11.7 Å². The maximum absolute atomic E-state index is 12.2. The van der Waals surface area contributed by atoms with Crippen LogP contribution in [-0.2, 0) is 0 Å². The number of urea groups is 1. The van der Waals surface area contributed by atoms with Crippen LogP contribution in [0.2, 0.25) is 0 Å². The lowest BCUT2D eigenvalue weighted by Gasteiger charge is -2.34. The van der Waals surface area contributed by atoms with Gasteiger partial charge < -0.3 is 10.2 Å². The summed E-state index contributed by atoms with van der Waals surface area (Å²) < 4.78 is 0. The fraction of sp³-hybridized carbons (Fsp3) is 0.533. The van der Waals surface area contributed by atoms with Gasteiger partial charge in [-0.3, -0.25) is 4.90 Å². The van der Waals surface area contributed by atoms with Crippen molar-refractivity contribution in [2.24, 2.45) is 0 Å². The molecule has 4 heteroatoms. The largest absolute Gasteiger partial charge is 0.341 e. The Morgan fingerprint density at radius 2 is 2.26 bits per heavy atom. The van der Waals surface area contributed by atoms with Crippen molar-refractivity contribution in [1.29, 1.82) is 0 Å². The van der Waals surface area contributed by atoms with Gasteiger partial charge in [0, 0.05) is 19.2 Å². The van der Waals surface area contributed by atoms with Gasteiger partial charge in [0.15, 0.2) is 0 Å². The number of benzene rings is 1. The number of likely N-dealkylation sites (N-methyl/N-ethyl adjacent to an activating group) is 1. The number of amides is 2. The minimum Gasteiger partial charge on any atom is -0.341 e. The molecule has 2 aliphatic rings. The minimum atomic E-state index is 0.0251. The molecule has 0 aliphatic carbocycles. The smallest absolute Gasteiger partial charge is 0.321 e. The van der Waals surface area contributed by atoms with E-state index in [1.165, 1.54) is 11.1 Å². The molecule has 0 radical (unpaired) electrons. The molecule has 0 saturated carbocycles. The van der Waals surface area contributed by atoms with Gasteiger partial charge in [0.2, 0.25) is 0 Å². The van der Waals surface area contributed by atoms with Gasteiger partial charge in [-0.25, -0.2) is 4.79 Å². The molecule has 0 aromatic heterocycles. The molecular weight excluding hydrogens is 238 g/mol. The Kier molecular flexibility index (Phi) is 2.97. The molecular formula is C15H22N3O+. The summed E-state index contributed by atoms with van der Waals surface area (Å²) in [6.45, 7) is 4.38. The van der Waals surface area contributed by atoms with Crippen LogP contribution in [0.5, 0.6) is 0 Å². The molecule has 1 aromatic carbocycles. The van der Waals surface area contributed by atoms with Crippen LogP contribution in [0.25, 0.3) is 0 Å². The molecule has 4 nitrogen and oxygen atoms in total. The minimum absolute atomic E-state index is 0.0251. The molecule has 0 spiro atoms. The number of rotatable bonds is 0. The fourth-order valence-electron chi connectivity index (χ4n) is 3.58. The topological polar surface area (TPSA) is 36.8 Å². The maximum atomic E-state index is 12.2. The Morgan fingerprint density at radius 3 is 3.00 bits per heavy atom. The molecule has 1 unspecified atom stereocenters. The SMILES string of the molecule is CNC(=O)N1c2ccc(C)cc2[C@H]2C[NH+](C)CC[C@@H]21. The third kappa shape index (κ3) is 1.91. The highest BCUT2D eigenvalue weighted by Gasteiger charge is 2.45. The van der Waals surface area contributed by atoms with Crippen LogP contribution in [0.4, 0.5) is 10.5 Å². The van der Waals surface area contributed by atoms with Crippen molar-refractivity contribution < 1.29 is 9.69 Å². The summed E-state index contributed by atoms with van der Waals surface area (Å²) in [7, 11) is 3.96. The summed E-state index contributed by atoms with van der Waals surface area (Å²) in [5, 5.41) is 2.79. The standard InChI is InChI=1S/C15H21N3O/c1-10-4-5-13-11(8-10)12-9-17(3)7-6-14(12)18(13)15(19)16-2/h4-5,8,12,14H,6-7,9H2,1-3H3,(H,16,19)/p+1/t12-,14+/m1/s1. The zero-order valence-electron chi connectivity index (χ0n) is 11.9. The number of likely N-dealkylation sites (tertiary alicyclic amines) is 1. The van der Waals surface area contributed by atoms with E-state index in [0.717, 1.165) is 25.2 Å². The van der Waals surface area contributed by atoms with Crippen molar-refractivity contribution in [3.05, 3.63) is 29.3 Å². The van der Waals surface area contributed by atoms with E-state index in [-0.39, 0.29) is 6.03 Å². The predicted octanol–water partition coefficient (Wildman–Crippen LogP) is 0.525. The van der Waals surface area contributed by atoms with Crippen molar-refractivity contribution in [2.75, 3.05) is 32.1 Å². The number of fused-ring (bicyclic) bond motifs is 3. The van der Waals surface area contributed by atoms with Gasteiger partial charge in [-0.1, -0.05) is 17.7 Å². The lowest BCUT2D eigenvalue weighted by molar-refractivity contribution is -0.886. The fourth-order valence-corrected chi connectivity index (χ4v) is 3.58. The van der Waals surface area contributed by atoms with E-state index in [2.05, 4.69) is 37.5 Å². The number of carbonyl (C=O) groups excluding carboxylic acids is 1. The molecule has 1 aromatic rings. The Labute approximate surface area is 114 Å². The van der Waals surface area contributed by atoms with Gasteiger partial charge in [-0.15, -0.1) is 0 Å². The van der Waals surface area contributed by atoms with Crippen LogP contribution in [0, 0.1) is 6.92 Å². The number of hydrogen-bond acceptors (Lipinski definition) is 1. The molecule has 19 heavy (non-hydrogen) atoms. The molecule has 3 atom stereocenters. The van der Waals surface area contributed by atoms with Gasteiger partial charge in [-0.05, 0) is 18.6 Å². The number of carbonyl (C=O) groups is 1. The number of nitrogens with one attached hydrogen (secondary N) is 2. The zero-order valence-corrected chi connectivity index (χ0v) is 11.9. The highest BCUT2D eigenvalue weighted by Crippen LogP contribution is 2.42. The van der Waals surface area contributed by atoms with E-state index < -0.39 is 0 Å². The Bertz CT molecular complexity index is 514. The number of piperidine rings is 1. The average molecular weight is 260 g/mol. The summed E-state index contributed by atoms with van der Waals surface area (Å²) in [5.41, 5.74) is 3.74. The normalized spacial score (nSPS) is 28.8. The van der Waals surface area contributed by atoms with Crippen molar-refractivity contribution in [1.82, 2.24) is 5.32 Å². The van der Waals surface area contributed by atoms with Crippen LogP contribution in [-0.4, -0.2) is 39.3 Å². The summed E-state index contributed by atoms with van der Waals surface area (Å²) in [6, 6.07) is 6.82. The quantitative estimate of drug-likeness (QED) is 0.701. The maximum Gasteiger partial charge on any atom is 0.321 e. The number of anilines is 1. The third-order valence-corrected chi connectivity index (χ3v) is 4.51. The van der Waals surface area contributed by atoms with Crippen molar-refractivity contribution in [3.63, 3.8) is 0 Å². The second-order valence-electron chi connectivity index (χ2n) is 5.86. The highest BCUT2D eigenvalue weighted by atomic mass is 16.2. The lowest BCUT2D eigenvalue weighted by atomic mass is 9.89. The molecule has 2 amide bonds. The molecule has 1 fully saturated rings. The van der Waals surface area contributed by atoms with Gasteiger partial charge >= 0.3 is 6.03 Å². The van der Waals surface area contributed by atoms with E-state index in [1.807, 2.05) is 4.90 Å². The monoisotopic (exact) mass is 260 g/mol. The Morgan fingerprint density at radius 1 is 1.47 bits per heavy atom. The molecule has 102 valence electrons. The van der Waals surface area contributed by atoms with E-state index in [4.69, 9.17) is 0 Å². The Hall–Kier alpha value is -1.55. The molecule has 2 N–H and O–H groups in total. The van der Waals surface area contributed by atoms with Crippen LogP contribution < -0.4 is 15.1 Å². The van der Waals surface area contributed by atoms with E-state index in [1.54, 1.807) is 11.9 Å². The molecule has 0 bridgehead atoms. The van der Waals surface area contributed by atoms with E-state index in [9.17, 15) is 4.79 Å². The van der Waals surface area contributed by atoms with Crippen LogP contribution in [0.1, 0.15) is 23.5 Å². The second-order valence-corrected chi connectivity index (χ2v) is 5.86. The van der Waals surface area contributed by atoms with E-state index in [0.29, 0.717) is 12.0 Å². The number of nitrogens with zero attached hydrogens (tertiary/aromatic N) is 1. The first-order valence-corrected chi connectivity index (χ1v) is 7.04. The van der Waals surface area contributed by atoms with Crippen LogP contribution >= 0.6 is 0 Å². The van der Waals surface area contributed by atoms with Crippen LogP contribution in [0.15, 0.2) is 18.2 Å². The third-order valence-electron chi connectivity index (χ3n) is 4.51.